The van der Waals surface area contributed by atoms with E-state index in [-0.39, 0.29) is 5.76 Å². The molecule has 0 aromatic heterocycles. The van der Waals surface area contributed by atoms with Gasteiger partial charge in [-0.25, -0.2) is 0 Å². The first-order chi connectivity index (χ1) is 8.16. The predicted octanol–water partition coefficient (Wildman–Crippen LogP) is 2.18. The largest absolute Gasteiger partial charge is 0.507 e. The molecule has 1 aliphatic rings. The molecule has 2 atom stereocenters. The number of hydrogen-bond acceptors (Lipinski definition) is 3. The number of benzene rings is 2. The third kappa shape index (κ3) is 1.57. The van der Waals surface area contributed by atoms with Crippen molar-refractivity contribution in [3.05, 3.63) is 48.0 Å². The second-order valence-electron chi connectivity index (χ2n) is 3.94. The third-order valence-corrected chi connectivity index (χ3v) is 4.21. The van der Waals surface area contributed by atoms with Crippen LogP contribution in [0.25, 0.3) is 16.5 Å². The summed E-state index contributed by atoms with van der Waals surface area (Å²) >= 11 is 0. The van der Waals surface area contributed by atoms with Gasteiger partial charge in [0.25, 0.3) is 0 Å². The van der Waals surface area contributed by atoms with Crippen molar-refractivity contribution in [1.82, 2.24) is 0 Å². The molecular formula is C13H10O3S. The summed E-state index contributed by atoms with van der Waals surface area (Å²) in [7, 11) is -1.52. The molecule has 0 saturated heterocycles. The molecule has 3 nitrogen and oxygen atoms in total. The number of rotatable bonds is 0. The summed E-state index contributed by atoms with van der Waals surface area (Å²) in [6.45, 7) is 0. The summed E-state index contributed by atoms with van der Waals surface area (Å²) in [4.78, 5) is 0.483. The second kappa shape index (κ2) is 3.68. The first-order valence-electron chi connectivity index (χ1n) is 5.19. The van der Waals surface area contributed by atoms with Gasteiger partial charge in [0.2, 0.25) is 0 Å². The maximum atomic E-state index is 11.9. The lowest BCUT2D eigenvalue weighted by Crippen LogP contribution is -2.17. The lowest BCUT2D eigenvalue weighted by Gasteiger charge is -2.18. The number of fused-ring (bicyclic) bond motifs is 2. The topological polar surface area (TPSA) is 57.5 Å². The van der Waals surface area contributed by atoms with E-state index in [0.717, 1.165) is 10.8 Å². The van der Waals surface area contributed by atoms with Crippen molar-refractivity contribution >= 4 is 27.3 Å². The molecule has 1 aliphatic heterocycles. The summed E-state index contributed by atoms with van der Waals surface area (Å²) in [5.41, 5.74) is -0.601. The van der Waals surface area contributed by atoms with Gasteiger partial charge in [-0.3, -0.25) is 4.21 Å². The Labute approximate surface area is 100 Å². The minimum absolute atomic E-state index is 0.0159. The Hall–Kier alpha value is -1.65. The van der Waals surface area contributed by atoms with Gasteiger partial charge in [-0.1, -0.05) is 24.3 Å². The van der Waals surface area contributed by atoms with E-state index in [4.69, 9.17) is 0 Å². The van der Waals surface area contributed by atoms with E-state index in [0.29, 0.717) is 10.5 Å². The van der Waals surface area contributed by atoms with Crippen molar-refractivity contribution in [2.24, 2.45) is 0 Å². The van der Waals surface area contributed by atoms with Gasteiger partial charge in [-0.15, -0.1) is 0 Å². The van der Waals surface area contributed by atoms with Crippen LogP contribution >= 0.6 is 0 Å². The van der Waals surface area contributed by atoms with Crippen molar-refractivity contribution < 1.29 is 14.4 Å². The second-order valence-corrected chi connectivity index (χ2v) is 5.45. The lowest BCUT2D eigenvalue weighted by molar-refractivity contribution is 0.298. The summed E-state index contributed by atoms with van der Waals surface area (Å²) in [5, 5.41) is 21.2. The zero-order valence-electron chi connectivity index (χ0n) is 8.83. The monoisotopic (exact) mass is 246 g/mol. The Kier molecular flexibility index (Phi) is 2.28. The van der Waals surface area contributed by atoms with E-state index in [2.05, 4.69) is 0 Å². The molecule has 2 aromatic carbocycles. The molecular weight excluding hydrogens is 236 g/mol. The summed E-state index contributed by atoms with van der Waals surface area (Å²) in [5.74, 6) is -0.0159. The fourth-order valence-electron chi connectivity index (χ4n) is 2.00. The van der Waals surface area contributed by atoms with Gasteiger partial charge < -0.3 is 10.2 Å². The summed E-state index contributed by atoms with van der Waals surface area (Å²) in [6.07, 6.45) is 1.22. The molecule has 3 rings (SSSR count). The van der Waals surface area contributed by atoms with Gasteiger partial charge in [0.05, 0.1) is 15.7 Å². The van der Waals surface area contributed by atoms with Gasteiger partial charge in [0.15, 0.2) is 5.44 Å². The van der Waals surface area contributed by atoms with E-state index in [1.54, 1.807) is 12.1 Å². The number of aliphatic hydroxyl groups is 2. The van der Waals surface area contributed by atoms with E-state index < -0.39 is 16.2 Å². The quantitative estimate of drug-likeness (QED) is 0.749. The molecule has 0 saturated carbocycles. The van der Waals surface area contributed by atoms with Crippen molar-refractivity contribution in [3.8, 4) is 0 Å². The first-order valence-corrected chi connectivity index (χ1v) is 6.41. The van der Waals surface area contributed by atoms with Crippen LogP contribution in [0.4, 0.5) is 0 Å². The molecule has 0 amide bonds. The van der Waals surface area contributed by atoms with E-state index in [1.807, 2.05) is 24.3 Å². The Morgan fingerprint density at radius 1 is 1.12 bits per heavy atom. The minimum Gasteiger partial charge on any atom is -0.507 e. The highest BCUT2D eigenvalue weighted by atomic mass is 32.2. The summed E-state index contributed by atoms with van der Waals surface area (Å²) in [6, 6.07) is 11.2. The highest BCUT2D eigenvalue weighted by molar-refractivity contribution is 7.85. The van der Waals surface area contributed by atoms with Gasteiger partial charge >= 0.3 is 0 Å². The molecule has 1 heterocycles. The van der Waals surface area contributed by atoms with Crippen LogP contribution < -0.4 is 0 Å². The molecule has 0 radical (unpaired) electrons. The van der Waals surface area contributed by atoms with Crippen LogP contribution in [0, 0.1) is 0 Å². The highest BCUT2D eigenvalue weighted by Crippen LogP contribution is 2.31. The van der Waals surface area contributed by atoms with Crippen LogP contribution in [-0.4, -0.2) is 19.9 Å². The van der Waals surface area contributed by atoms with Gasteiger partial charge in [-0.05, 0) is 29.0 Å². The van der Waals surface area contributed by atoms with Crippen LogP contribution in [0.1, 0.15) is 5.56 Å². The lowest BCUT2D eigenvalue weighted by atomic mass is 10.1. The molecule has 17 heavy (non-hydrogen) atoms. The molecule has 2 N–H and O–H groups in total. The predicted molar refractivity (Wildman–Crippen MR) is 67.0 cm³/mol. The molecule has 0 spiro atoms. The number of hydrogen-bond donors (Lipinski definition) is 2. The Morgan fingerprint density at radius 2 is 1.76 bits per heavy atom. The van der Waals surface area contributed by atoms with Crippen molar-refractivity contribution in [2.45, 2.75) is 10.3 Å². The zero-order chi connectivity index (χ0) is 12.0. The SMILES string of the molecule is O=S1c2cc3ccccc3cc2C(O)=CC1O. The number of aliphatic hydroxyl groups excluding tert-OH is 2. The molecule has 0 bridgehead atoms. The zero-order valence-corrected chi connectivity index (χ0v) is 9.65. The van der Waals surface area contributed by atoms with Gasteiger partial charge in [0, 0.05) is 5.56 Å². The van der Waals surface area contributed by atoms with Crippen LogP contribution in [0.5, 0.6) is 0 Å². The molecule has 86 valence electrons. The molecule has 0 aliphatic carbocycles. The van der Waals surface area contributed by atoms with Crippen molar-refractivity contribution in [3.63, 3.8) is 0 Å². The smallest absolute Gasteiger partial charge is 0.155 e. The van der Waals surface area contributed by atoms with E-state index in [1.165, 1.54) is 6.08 Å². The standard InChI is InChI=1S/C13H10O3S/c14-11-7-13(15)17(16)12-6-9-4-2-1-3-8(9)5-10(11)12/h1-7,13-15H. The third-order valence-electron chi connectivity index (χ3n) is 2.86. The Morgan fingerprint density at radius 3 is 2.47 bits per heavy atom. The van der Waals surface area contributed by atoms with Crippen LogP contribution in [0.2, 0.25) is 0 Å². The molecule has 2 aromatic rings. The van der Waals surface area contributed by atoms with Gasteiger partial charge in [0.1, 0.15) is 5.76 Å². The maximum absolute atomic E-state index is 11.9. The van der Waals surface area contributed by atoms with Crippen LogP contribution in [-0.2, 0) is 10.8 Å². The average molecular weight is 246 g/mol. The van der Waals surface area contributed by atoms with Gasteiger partial charge in [-0.2, -0.15) is 0 Å². The van der Waals surface area contributed by atoms with E-state index >= 15 is 0 Å². The minimum atomic E-state index is -1.52. The van der Waals surface area contributed by atoms with E-state index in [9.17, 15) is 14.4 Å². The molecule has 0 fully saturated rings. The Bertz CT molecular complexity index is 661. The summed E-state index contributed by atoms with van der Waals surface area (Å²) < 4.78 is 11.9. The average Bonchev–Trinajstić information content (AvgIpc) is 2.34. The Balaban J connectivity index is 2.36. The fourth-order valence-corrected chi connectivity index (χ4v) is 3.14. The molecule has 2 unspecified atom stereocenters. The first kappa shape index (κ1) is 10.5. The van der Waals surface area contributed by atoms with Crippen molar-refractivity contribution in [2.75, 3.05) is 0 Å². The normalized spacial score (nSPS) is 23.2. The van der Waals surface area contributed by atoms with Crippen molar-refractivity contribution in [1.29, 1.82) is 0 Å². The maximum Gasteiger partial charge on any atom is 0.155 e. The highest BCUT2D eigenvalue weighted by Gasteiger charge is 2.25. The fraction of sp³-hybridized carbons (Fsp3) is 0.0769. The van der Waals surface area contributed by atoms with Crippen LogP contribution in [0.15, 0.2) is 47.4 Å². The molecule has 4 heteroatoms. The van der Waals surface area contributed by atoms with Crippen LogP contribution in [0.3, 0.4) is 0 Å².